The van der Waals surface area contributed by atoms with Crippen LogP contribution >= 0.6 is 0 Å². The fraction of sp³-hybridized carbons (Fsp3) is 0.517. The molecule has 35 heavy (non-hydrogen) atoms. The van der Waals surface area contributed by atoms with Crippen molar-refractivity contribution in [1.29, 1.82) is 0 Å². The lowest BCUT2D eigenvalue weighted by atomic mass is 9.96. The molecule has 0 aliphatic heterocycles. The molecule has 1 atom stereocenters. The highest BCUT2D eigenvalue weighted by Crippen LogP contribution is 2.33. The molecule has 2 fully saturated rings. The number of rotatable bonds is 8. The van der Waals surface area contributed by atoms with Crippen LogP contribution in [0.5, 0.6) is 0 Å². The Labute approximate surface area is 208 Å². The zero-order valence-corrected chi connectivity index (χ0v) is 21.7. The van der Waals surface area contributed by atoms with Crippen molar-refractivity contribution in [2.24, 2.45) is 11.8 Å². The van der Waals surface area contributed by atoms with Gasteiger partial charge in [0, 0.05) is 53.1 Å². The van der Waals surface area contributed by atoms with Gasteiger partial charge in [-0.15, -0.1) is 0 Å². The number of aryl methyl sites for hydroxylation is 1. The molecule has 6 heteroatoms. The van der Waals surface area contributed by atoms with Gasteiger partial charge in [-0.05, 0) is 68.6 Å². The van der Waals surface area contributed by atoms with E-state index < -0.39 is 0 Å². The number of fused-ring (bicyclic) bond motifs is 1. The van der Waals surface area contributed by atoms with Crippen LogP contribution in [-0.4, -0.2) is 20.4 Å². The van der Waals surface area contributed by atoms with Gasteiger partial charge in [0.1, 0.15) is 5.82 Å². The van der Waals surface area contributed by atoms with E-state index in [1.165, 1.54) is 0 Å². The summed E-state index contributed by atoms with van der Waals surface area (Å²) in [4.78, 5) is 35.1. The zero-order valence-electron chi connectivity index (χ0n) is 21.7. The van der Waals surface area contributed by atoms with Gasteiger partial charge in [0.2, 0.25) is 5.91 Å². The smallest absolute Gasteiger partial charge is 0.258 e. The predicted molar refractivity (Wildman–Crippen MR) is 143 cm³/mol. The van der Waals surface area contributed by atoms with E-state index in [1.807, 2.05) is 36.7 Å². The third kappa shape index (κ3) is 5.63. The van der Waals surface area contributed by atoms with Crippen molar-refractivity contribution < 1.29 is 4.79 Å². The number of amides is 1. The van der Waals surface area contributed by atoms with Crippen molar-refractivity contribution in [3.63, 3.8) is 0 Å². The number of hydrogen-bond donors (Lipinski definition) is 1. The first kappa shape index (κ1) is 25.1. The highest BCUT2D eigenvalue weighted by Gasteiger charge is 2.30. The summed E-state index contributed by atoms with van der Waals surface area (Å²) in [5.74, 6) is 1.59. The molecular weight excluding hydrogens is 436 g/mol. The van der Waals surface area contributed by atoms with Gasteiger partial charge < -0.3 is 9.88 Å². The maximum Gasteiger partial charge on any atom is 0.258 e. The third-order valence-electron chi connectivity index (χ3n) is 6.96. The average Bonchev–Trinajstić information content (AvgIpc) is 3.77. The van der Waals surface area contributed by atoms with Crippen molar-refractivity contribution in [3.05, 3.63) is 52.2 Å². The van der Waals surface area contributed by atoms with Crippen LogP contribution in [0.25, 0.3) is 22.0 Å². The first-order valence-corrected chi connectivity index (χ1v) is 13.3. The Hall–Kier alpha value is -3.02. The Morgan fingerprint density at radius 3 is 2.46 bits per heavy atom. The third-order valence-corrected chi connectivity index (χ3v) is 6.96. The van der Waals surface area contributed by atoms with Gasteiger partial charge in [-0.1, -0.05) is 34.1 Å². The zero-order chi connectivity index (χ0) is 25.1. The number of carbonyl (C=O) groups excluding carboxylic acids is 1. The second-order valence-corrected chi connectivity index (χ2v) is 9.92. The highest BCUT2D eigenvalue weighted by molar-refractivity contribution is 5.95. The Balaban J connectivity index is 0.00000141. The lowest BCUT2D eigenvalue weighted by Crippen LogP contribution is -2.24. The van der Waals surface area contributed by atoms with Crippen molar-refractivity contribution in [3.8, 4) is 11.1 Å². The molecule has 0 radical (unpaired) electrons. The summed E-state index contributed by atoms with van der Waals surface area (Å²) in [6.45, 7) is 11.1. The van der Waals surface area contributed by atoms with Gasteiger partial charge >= 0.3 is 0 Å². The van der Waals surface area contributed by atoms with Crippen molar-refractivity contribution in [2.45, 2.75) is 85.6 Å². The minimum absolute atomic E-state index is 0.000624. The van der Waals surface area contributed by atoms with Crippen LogP contribution in [0.1, 0.15) is 83.4 Å². The second-order valence-electron chi connectivity index (χ2n) is 9.92. The van der Waals surface area contributed by atoms with Gasteiger partial charge in [0.15, 0.2) is 0 Å². The van der Waals surface area contributed by atoms with Crippen LogP contribution in [0.3, 0.4) is 0 Å². The van der Waals surface area contributed by atoms with Crippen LogP contribution in [0.2, 0.25) is 0 Å². The van der Waals surface area contributed by atoms with Gasteiger partial charge in [-0.2, -0.15) is 0 Å². The number of pyridine rings is 3. The minimum Gasteiger partial charge on any atom is -0.310 e. The molecule has 0 aromatic carbocycles. The van der Waals surface area contributed by atoms with Crippen LogP contribution < -0.4 is 10.9 Å². The Bertz CT molecular complexity index is 1270. The fourth-order valence-corrected chi connectivity index (χ4v) is 4.56. The van der Waals surface area contributed by atoms with E-state index in [9.17, 15) is 9.59 Å². The molecule has 3 aromatic rings. The van der Waals surface area contributed by atoms with E-state index in [4.69, 9.17) is 4.98 Å². The van der Waals surface area contributed by atoms with Gasteiger partial charge in [-0.25, -0.2) is 4.98 Å². The molecule has 2 aliphatic carbocycles. The van der Waals surface area contributed by atoms with Crippen LogP contribution in [-0.2, 0) is 11.3 Å². The Morgan fingerprint density at radius 1 is 1.09 bits per heavy atom. The van der Waals surface area contributed by atoms with Crippen molar-refractivity contribution in [2.75, 3.05) is 5.32 Å². The molecule has 0 spiro atoms. The Kier molecular flexibility index (Phi) is 7.68. The molecule has 3 aromatic heterocycles. The summed E-state index contributed by atoms with van der Waals surface area (Å²) >= 11 is 0. The van der Waals surface area contributed by atoms with Crippen LogP contribution in [0.15, 0.2) is 35.4 Å². The predicted octanol–water partition coefficient (Wildman–Crippen LogP) is 6.46. The number of nitrogens with one attached hydrogen (secondary N) is 1. The maximum atomic E-state index is 13.7. The van der Waals surface area contributed by atoms with Crippen molar-refractivity contribution in [1.82, 2.24) is 14.5 Å². The van der Waals surface area contributed by atoms with Crippen molar-refractivity contribution >= 4 is 22.6 Å². The van der Waals surface area contributed by atoms with Crippen LogP contribution in [0, 0.1) is 18.8 Å². The second kappa shape index (κ2) is 10.7. The quantitative estimate of drug-likeness (QED) is 0.407. The Morgan fingerprint density at radius 2 is 1.83 bits per heavy atom. The summed E-state index contributed by atoms with van der Waals surface area (Å²) in [6, 6.07) is 5.91. The summed E-state index contributed by atoms with van der Waals surface area (Å²) in [6.07, 6.45) is 10.0. The molecule has 1 N–H and O–H groups in total. The molecule has 1 amide bonds. The lowest BCUT2D eigenvalue weighted by Gasteiger charge is -2.16. The highest BCUT2D eigenvalue weighted by atomic mass is 16.2. The normalized spacial score (nSPS) is 15.9. The molecule has 1 unspecified atom stereocenters. The molecule has 0 saturated heterocycles. The molecule has 3 heterocycles. The van der Waals surface area contributed by atoms with E-state index in [0.29, 0.717) is 29.8 Å². The van der Waals surface area contributed by atoms with E-state index in [1.54, 1.807) is 6.20 Å². The topological polar surface area (TPSA) is 76.9 Å². The monoisotopic (exact) mass is 474 g/mol. The standard InChI is InChI=1S/C27H32N4O2.C2H6/c1-4-5-16(2)23-10-17(3)22(14-28-23)21-11-20-13-29-25(30-26(32)19-8-9-19)12-24(20)31(27(21)33)15-18-6-7-18;1-2/h10-14,16,18-19H,4-9,15H2,1-3H3,(H,29,30,32);1-2H3. The van der Waals surface area contributed by atoms with E-state index in [-0.39, 0.29) is 17.4 Å². The summed E-state index contributed by atoms with van der Waals surface area (Å²) < 4.78 is 1.88. The molecule has 186 valence electrons. The lowest BCUT2D eigenvalue weighted by molar-refractivity contribution is -0.117. The number of hydrogen-bond acceptors (Lipinski definition) is 4. The molecule has 2 aliphatic rings. The molecule has 0 bridgehead atoms. The van der Waals surface area contributed by atoms with Crippen LogP contribution in [0.4, 0.5) is 5.82 Å². The van der Waals surface area contributed by atoms with Gasteiger partial charge in [0.05, 0.1) is 5.52 Å². The van der Waals surface area contributed by atoms with E-state index >= 15 is 0 Å². The van der Waals surface area contributed by atoms with Gasteiger partial charge in [0.25, 0.3) is 5.56 Å². The minimum atomic E-state index is -0.000624. The summed E-state index contributed by atoms with van der Waals surface area (Å²) in [5, 5.41) is 3.82. The largest absolute Gasteiger partial charge is 0.310 e. The fourth-order valence-electron chi connectivity index (χ4n) is 4.56. The van der Waals surface area contributed by atoms with Gasteiger partial charge in [-0.3, -0.25) is 14.6 Å². The first-order valence-electron chi connectivity index (χ1n) is 13.3. The number of nitrogens with zero attached hydrogens (tertiary/aromatic N) is 3. The van der Waals surface area contributed by atoms with E-state index in [2.05, 4.69) is 37.1 Å². The molecule has 5 rings (SSSR count). The average molecular weight is 475 g/mol. The maximum absolute atomic E-state index is 13.7. The molecule has 2 saturated carbocycles. The van der Waals surface area contributed by atoms with E-state index in [0.717, 1.165) is 66.2 Å². The first-order chi connectivity index (χ1) is 16.9. The number of carbonyl (C=O) groups is 1. The SMILES string of the molecule is CC.CCCC(C)c1cc(C)c(-c2cc3cnc(NC(=O)C4CC4)cc3n(CC3CC3)c2=O)cn1. The molecular formula is C29H38N4O2. The summed E-state index contributed by atoms with van der Waals surface area (Å²) in [7, 11) is 0. The number of aromatic nitrogens is 3. The number of anilines is 1. The summed E-state index contributed by atoms with van der Waals surface area (Å²) in [5.41, 5.74) is 4.52. The molecule has 6 nitrogen and oxygen atoms in total.